The van der Waals surface area contributed by atoms with Gasteiger partial charge < -0.3 is 15.1 Å². The zero-order valence-electron chi connectivity index (χ0n) is 11.1. The second-order valence-corrected chi connectivity index (χ2v) is 4.29. The molecule has 0 radical (unpaired) electrons. The van der Waals surface area contributed by atoms with E-state index in [0.29, 0.717) is 0 Å². The predicted octanol–water partition coefficient (Wildman–Crippen LogP) is 1.21. The molecule has 1 aromatic rings. The maximum Gasteiger partial charge on any atom is 0.191 e. The van der Waals surface area contributed by atoms with Crippen molar-refractivity contribution < 1.29 is 4.42 Å². The molecular weight excluding hydrogens is 228 g/mol. The van der Waals surface area contributed by atoms with Gasteiger partial charge in [0.25, 0.3) is 0 Å². The maximum absolute atomic E-state index is 5.55. The summed E-state index contributed by atoms with van der Waals surface area (Å²) in [5.74, 6) is 1.91. The zero-order chi connectivity index (χ0) is 12.8. The molecule has 100 valence electrons. The Bertz CT molecular complexity index is 370. The molecule has 0 saturated carbocycles. The average molecular weight is 250 g/mol. The summed E-state index contributed by atoms with van der Waals surface area (Å²) < 4.78 is 5.55. The third kappa shape index (κ3) is 3.04. The van der Waals surface area contributed by atoms with Crippen LogP contribution >= 0.6 is 0 Å². The van der Waals surface area contributed by atoms with Gasteiger partial charge in [0.2, 0.25) is 0 Å². The topological polar surface area (TPSA) is 52.8 Å². The van der Waals surface area contributed by atoms with Gasteiger partial charge in [-0.05, 0) is 25.2 Å². The lowest BCUT2D eigenvalue weighted by Crippen LogP contribution is -2.41. The summed E-state index contributed by atoms with van der Waals surface area (Å²) in [5, 5.41) is 6.58. The average Bonchev–Trinajstić information content (AvgIpc) is 3.07. The fourth-order valence-corrected chi connectivity index (χ4v) is 2.26. The number of nitrogens with zero attached hydrogens (tertiary/aromatic N) is 2. The Hall–Kier alpha value is -1.49. The van der Waals surface area contributed by atoms with E-state index in [0.717, 1.165) is 44.4 Å². The standard InChI is InChI=1S/C13H22N4O/c1-3-17(4-2)11(12-6-5-9-18-12)10-16-13-14-7-8-15-13/h5-6,9,11H,3-4,7-8,10H2,1-2H3,(H2,14,15,16)/t11-/m0/s1. The molecule has 5 nitrogen and oxygen atoms in total. The van der Waals surface area contributed by atoms with E-state index in [9.17, 15) is 0 Å². The van der Waals surface area contributed by atoms with E-state index in [1.165, 1.54) is 0 Å². The fraction of sp³-hybridized carbons (Fsp3) is 0.615. The summed E-state index contributed by atoms with van der Waals surface area (Å²) in [6, 6.07) is 4.23. The van der Waals surface area contributed by atoms with E-state index in [-0.39, 0.29) is 6.04 Å². The van der Waals surface area contributed by atoms with Crippen LogP contribution in [0.1, 0.15) is 25.6 Å². The monoisotopic (exact) mass is 250 g/mol. The van der Waals surface area contributed by atoms with Crippen molar-refractivity contribution in [1.82, 2.24) is 15.5 Å². The summed E-state index contributed by atoms with van der Waals surface area (Å²) in [4.78, 5) is 6.72. The number of guanidine groups is 1. The first-order chi connectivity index (χ1) is 8.85. The van der Waals surface area contributed by atoms with Gasteiger partial charge in [0.15, 0.2) is 5.96 Å². The van der Waals surface area contributed by atoms with Crippen LogP contribution < -0.4 is 10.6 Å². The van der Waals surface area contributed by atoms with Crippen LogP contribution in [0.3, 0.4) is 0 Å². The van der Waals surface area contributed by atoms with E-state index < -0.39 is 0 Å². The van der Waals surface area contributed by atoms with Gasteiger partial charge in [-0.2, -0.15) is 0 Å². The maximum atomic E-state index is 5.55. The van der Waals surface area contributed by atoms with Gasteiger partial charge in [0.05, 0.1) is 18.8 Å². The van der Waals surface area contributed by atoms with Crippen LogP contribution in [0.5, 0.6) is 0 Å². The van der Waals surface area contributed by atoms with Gasteiger partial charge in [0, 0.05) is 13.1 Å². The highest BCUT2D eigenvalue weighted by Crippen LogP contribution is 2.20. The minimum atomic E-state index is 0.250. The Morgan fingerprint density at radius 3 is 2.89 bits per heavy atom. The summed E-state index contributed by atoms with van der Waals surface area (Å²) in [7, 11) is 0. The quantitative estimate of drug-likeness (QED) is 0.797. The lowest BCUT2D eigenvalue weighted by molar-refractivity contribution is 0.193. The van der Waals surface area contributed by atoms with Crippen molar-refractivity contribution in [3.05, 3.63) is 24.2 Å². The minimum Gasteiger partial charge on any atom is -0.468 e. The zero-order valence-corrected chi connectivity index (χ0v) is 11.1. The summed E-state index contributed by atoms with van der Waals surface area (Å²) in [5.41, 5.74) is 0. The first-order valence-electron chi connectivity index (χ1n) is 6.64. The largest absolute Gasteiger partial charge is 0.468 e. The van der Waals surface area contributed by atoms with E-state index in [1.54, 1.807) is 6.26 Å². The van der Waals surface area contributed by atoms with Gasteiger partial charge in [-0.25, -0.2) is 0 Å². The molecular formula is C13H22N4O. The highest BCUT2D eigenvalue weighted by atomic mass is 16.3. The predicted molar refractivity (Wildman–Crippen MR) is 72.7 cm³/mol. The van der Waals surface area contributed by atoms with Crippen molar-refractivity contribution in [2.24, 2.45) is 4.99 Å². The molecule has 2 heterocycles. The second kappa shape index (κ2) is 6.44. The van der Waals surface area contributed by atoms with Crippen molar-refractivity contribution >= 4 is 5.96 Å². The number of aliphatic imine (C=N–C) groups is 1. The van der Waals surface area contributed by atoms with Crippen molar-refractivity contribution in [3.8, 4) is 0 Å². The molecule has 18 heavy (non-hydrogen) atoms. The number of likely N-dealkylation sites (N-methyl/N-ethyl adjacent to an activating group) is 1. The Morgan fingerprint density at radius 2 is 2.33 bits per heavy atom. The third-order valence-corrected chi connectivity index (χ3v) is 3.26. The molecule has 1 aliphatic heterocycles. The van der Waals surface area contributed by atoms with Crippen molar-refractivity contribution in [3.63, 3.8) is 0 Å². The van der Waals surface area contributed by atoms with Crippen molar-refractivity contribution in [2.45, 2.75) is 19.9 Å². The van der Waals surface area contributed by atoms with Crippen LogP contribution in [0.4, 0.5) is 0 Å². The fourth-order valence-electron chi connectivity index (χ4n) is 2.26. The van der Waals surface area contributed by atoms with E-state index in [4.69, 9.17) is 4.42 Å². The normalized spacial score (nSPS) is 16.5. The van der Waals surface area contributed by atoms with Crippen LogP contribution in [0, 0.1) is 0 Å². The SMILES string of the molecule is CCN(CC)[C@@H](CNC1=NCCN1)c1ccco1. The third-order valence-electron chi connectivity index (χ3n) is 3.26. The molecule has 2 rings (SSSR count). The number of hydrogen-bond acceptors (Lipinski definition) is 5. The molecule has 0 aromatic carbocycles. The molecule has 0 saturated heterocycles. The molecule has 0 fully saturated rings. The molecule has 5 heteroatoms. The van der Waals surface area contributed by atoms with Crippen LogP contribution in [-0.2, 0) is 0 Å². The Morgan fingerprint density at radius 1 is 1.50 bits per heavy atom. The van der Waals surface area contributed by atoms with E-state index in [1.807, 2.05) is 12.1 Å². The highest BCUT2D eigenvalue weighted by Gasteiger charge is 2.21. The molecule has 1 aliphatic rings. The van der Waals surface area contributed by atoms with Gasteiger partial charge in [0.1, 0.15) is 5.76 Å². The van der Waals surface area contributed by atoms with Crippen molar-refractivity contribution in [1.29, 1.82) is 0 Å². The minimum absolute atomic E-state index is 0.250. The van der Waals surface area contributed by atoms with Gasteiger partial charge >= 0.3 is 0 Å². The highest BCUT2D eigenvalue weighted by molar-refractivity contribution is 5.81. The first-order valence-corrected chi connectivity index (χ1v) is 6.64. The molecule has 0 spiro atoms. The van der Waals surface area contributed by atoms with E-state index >= 15 is 0 Å². The molecule has 0 amide bonds. The number of rotatable bonds is 6. The van der Waals surface area contributed by atoms with E-state index in [2.05, 4.69) is 34.4 Å². The molecule has 0 aliphatic carbocycles. The van der Waals surface area contributed by atoms with Crippen LogP contribution in [0.25, 0.3) is 0 Å². The summed E-state index contributed by atoms with van der Waals surface area (Å²) >= 11 is 0. The Labute approximate surface area is 108 Å². The summed E-state index contributed by atoms with van der Waals surface area (Å²) in [6.07, 6.45) is 1.73. The smallest absolute Gasteiger partial charge is 0.191 e. The lowest BCUT2D eigenvalue weighted by atomic mass is 10.2. The summed E-state index contributed by atoms with van der Waals surface area (Å²) in [6.45, 7) is 8.95. The van der Waals surface area contributed by atoms with Crippen LogP contribution in [0.2, 0.25) is 0 Å². The Kier molecular flexibility index (Phi) is 4.64. The molecule has 1 atom stereocenters. The number of furan rings is 1. The Balaban J connectivity index is 2.00. The second-order valence-electron chi connectivity index (χ2n) is 4.29. The van der Waals surface area contributed by atoms with Crippen LogP contribution in [-0.4, -0.2) is 43.6 Å². The first kappa shape index (κ1) is 13.0. The lowest BCUT2D eigenvalue weighted by Gasteiger charge is -2.28. The molecule has 0 unspecified atom stereocenters. The van der Waals surface area contributed by atoms with Gasteiger partial charge in [-0.15, -0.1) is 0 Å². The van der Waals surface area contributed by atoms with Gasteiger partial charge in [-0.1, -0.05) is 13.8 Å². The van der Waals surface area contributed by atoms with Crippen molar-refractivity contribution in [2.75, 3.05) is 32.7 Å². The molecule has 2 N–H and O–H groups in total. The number of nitrogens with one attached hydrogen (secondary N) is 2. The molecule has 0 bridgehead atoms. The van der Waals surface area contributed by atoms with Crippen LogP contribution in [0.15, 0.2) is 27.8 Å². The molecule has 1 aromatic heterocycles. The van der Waals surface area contributed by atoms with Gasteiger partial charge in [-0.3, -0.25) is 9.89 Å². The number of hydrogen-bond donors (Lipinski definition) is 2.